The lowest BCUT2D eigenvalue weighted by Crippen LogP contribution is -2.39. The molecule has 2 saturated heterocycles. The molecule has 0 aromatic heterocycles. The van der Waals surface area contributed by atoms with E-state index < -0.39 is 0 Å². The molecule has 0 N–H and O–H groups in total. The van der Waals surface area contributed by atoms with Crippen molar-refractivity contribution < 1.29 is 9.59 Å². The summed E-state index contributed by atoms with van der Waals surface area (Å²) in [6.07, 6.45) is 0. The Labute approximate surface area is 174 Å². The number of carbonyl (C=O) groups is 2. The summed E-state index contributed by atoms with van der Waals surface area (Å²) in [6.45, 7) is 5.27. The second kappa shape index (κ2) is 8.21. The Morgan fingerprint density at radius 3 is 1.43 bits per heavy atom. The molecular weight excluding hydrogens is 388 g/mol. The fourth-order valence-corrected chi connectivity index (χ4v) is 6.06. The molecule has 0 saturated carbocycles. The highest BCUT2D eigenvalue weighted by Crippen LogP contribution is 2.41. The molecule has 2 heterocycles. The van der Waals surface area contributed by atoms with Gasteiger partial charge in [-0.2, -0.15) is 0 Å². The van der Waals surface area contributed by atoms with Crippen LogP contribution in [-0.4, -0.2) is 46.2 Å². The van der Waals surface area contributed by atoms with E-state index in [0.29, 0.717) is 24.6 Å². The summed E-state index contributed by atoms with van der Waals surface area (Å²) in [5, 5.41) is 0.0765. The molecule has 2 amide bonds. The van der Waals surface area contributed by atoms with E-state index in [0.717, 1.165) is 11.1 Å². The third-order valence-electron chi connectivity index (χ3n) is 5.24. The molecule has 2 fully saturated rings. The van der Waals surface area contributed by atoms with Crippen LogP contribution in [0.2, 0.25) is 0 Å². The minimum atomic E-state index is 0.0382. The van der Waals surface area contributed by atoms with Gasteiger partial charge in [-0.25, -0.2) is 0 Å². The quantitative estimate of drug-likeness (QED) is 0.740. The van der Waals surface area contributed by atoms with Crippen molar-refractivity contribution in [2.75, 3.05) is 24.6 Å². The van der Waals surface area contributed by atoms with Gasteiger partial charge in [0.25, 0.3) is 0 Å². The first-order chi connectivity index (χ1) is 13.5. The maximum absolute atomic E-state index is 12.5. The molecule has 0 aliphatic carbocycles. The van der Waals surface area contributed by atoms with Gasteiger partial charge >= 0.3 is 0 Å². The SMILES string of the molecule is Cc1ccc(C2SCC(=O)N2CCN2C(=O)CSC2c2ccc(C)cc2)cc1. The number of hydrogen-bond acceptors (Lipinski definition) is 4. The zero-order valence-electron chi connectivity index (χ0n) is 16.1. The molecule has 6 heteroatoms. The molecule has 2 unspecified atom stereocenters. The van der Waals surface area contributed by atoms with Crippen LogP contribution >= 0.6 is 23.5 Å². The Balaban J connectivity index is 1.48. The van der Waals surface area contributed by atoms with Crippen LogP contribution in [-0.2, 0) is 9.59 Å². The van der Waals surface area contributed by atoms with Crippen molar-refractivity contribution in [3.8, 4) is 0 Å². The molecular formula is C22H24N2O2S2. The van der Waals surface area contributed by atoms with E-state index >= 15 is 0 Å². The highest BCUT2D eigenvalue weighted by molar-refractivity contribution is 8.00. The fourth-order valence-electron chi connectivity index (χ4n) is 3.62. The lowest BCUT2D eigenvalue weighted by Gasteiger charge is -2.29. The first kappa shape index (κ1) is 19.4. The third kappa shape index (κ3) is 3.94. The molecule has 28 heavy (non-hydrogen) atoms. The van der Waals surface area contributed by atoms with Crippen molar-refractivity contribution in [1.29, 1.82) is 0 Å². The van der Waals surface area contributed by atoms with Crippen molar-refractivity contribution in [3.05, 3.63) is 70.8 Å². The summed E-state index contributed by atoms with van der Waals surface area (Å²) >= 11 is 3.33. The van der Waals surface area contributed by atoms with Crippen LogP contribution in [0.3, 0.4) is 0 Å². The van der Waals surface area contributed by atoms with E-state index in [1.54, 1.807) is 23.5 Å². The molecule has 146 valence electrons. The zero-order valence-corrected chi connectivity index (χ0v) is 17.8. The highest BCUT2D eigenvalue weighted by Gasteiger charge is 2.36. The maximum atomic E-state index is 12.5. The van der Waals surface area contributed by atoms with Gasteiger partial charge in [0, 0.05) is 13.1 Å². The molecule has 4 rings (SSSR count). The Hall–Kier alpha value is -1.92. The molecule has 0 bridgehead atoms. The zero-order chi connectivity index (χ0) is 19.7. The summed E-state index contributed by atoms with van der Waals surface area (Å²) in [7, 11) is 0. The van der Waals surface area contributed by atoms with Crippen molar-refractivity contribution in [2.24, 2.45) is 0 Å². The van der Waals surface area contributed by atoms with E-state index in [-0.39, 0.29) is 22.6 Å². The van der Waals surface area contributed by atoms with Gasteiger partial charge in [0.2, 0.25) is 11.8 Å². The summed E-state index contributed by atoms with van der Waals surface area (Å²) < 4.78 is 0. The van der Waals surface area contributed by atoms with E-state index in [9.17, 15) is 9.59 Å². The van der Waals surface area contributed by atoms with Crippen LogP contribution in [0.1, 0.15) is 33.0 Å². The Morgan fingerprint density at radius 2 is 1.07 bits per heavy atom. The van der Waals surface area contributed by atoms with Gasteiger partial charge in [0.05, 0.1) is 11.5 Å². The van der Waals surface area contributed by atoms with Crippen LogP contribution in [0.15, 0.2) is 48.5 Å². The number of amides is 2. The monoisotopic (exact) mass is 412 g/mol. The summed E-state index contributed by atoms with van der Waals surface area (Å²) in [4.78, 5) is 28.9. The molecule has 2 aliphatic rings. The average Bonchev–Trinajstić information content (AvgIpc) is 3.24. The summed E-state index contributed by atoms with van der Waals surface area (Å²) in [5.41, 5.74) is 4.73. The topological polar surface area (TPSA) is 40.6 Å². The van der Waals surface area contributed by atoms with Crippen LogP contribution in [0, 0.1) is 13.8 Å². The first-order valence-corrected chi connectivity index (χ1v) is 11.6. The normalized spacial score (nSPS) is 22.4. The second-order valence-electron chi connectivity index (χ2n) is 7.32. The van der Waals surface area contributed by atoms with Crippen molar-refractivity contribution in [2.45, 2.75) is 24.6 Å². The number of benzene rings is 2. The lowest BCUT2D eigenvalue weighted by molar-refractivity contribution is -0.132. The predicted molar refractivity (Wildman–Crippen MR) is 116 cm³/mol. The summed E-state index contributed by atoms with van der Waals surface area (Å²) in [5.74, 6) is 1.31. The molecule has 2 aromatic rings. The largest absolute Gasteiger partial charge is 0.324 e. The number of nitrogens with zero attached hydrogens (tertiary/aromatic N) is 2. The first-order valence-electron chi connectivity index (χ1n) is 9.48. The number of thioether (sulfide) groups is 2. The van der Waals surface area contributed by atoms with Gasteiger partial charge in [0.15, 0.2) is 0 Å². The van der Waals surface area contributed by atoms with Crippen molar-refractivity contribution in [1.82, 2.24) is 9.80 Å². The molecule has 2 aromatic carbocycles. The van der Waals surface area contributed by atoms with Gasteiger partial charge < -0.3 is 9.80 Å². The highest BCUT2D eigenvalue weighted by atomic mass is 32.2. The Morgan fingerprint density at radius 1 is 0.714 bits per heavy atom. The van der Waals surface area contributed by atoms with Gasteiger partial charge in [0.1, 0.15) is 10.7 Å². The van der Waals surface area contributed by atoms with Crippen molar-refractivity contribution >= 4 is 35.3 Å². The number of rotatable bonds is 5. The summed E-state index contributed by atoms with van der Waals surface area (Å²) in [6, 6.07) is 16.8. The average molecular weight is 413 g/mol. The number of aryl methyl sites for hydroxylation is 2. The van der Waals surface area contributed by atoms with E-state index in [1.807, 2.05) is 9.80 Å². The van der Waals surface area contributed by atoms with Crippen LogP contribution in [0.4, 0.5) is 0 Å². The Bertz CT molecular complexity index is 794. The molecule has 4 nitrogen and oxygen atoms in total. The minimum Gasteiger partial charge on any atom is -0.324 e. The fraction of sp³-hybridized carbons (Fsp3) is 0.364. The van der Waals surface area contributed by atoms with Gasteiger partial charge in [-0.05, 0) is 25.0 Å². The molecule has 2 atom stereocenters. The van der Waals surface area contributed by atoms with Gasteiger partial charge in [-0.3, -0.25) is 9.59 Å². The number of hydrogen-bond donors (Lipinski definition) is 0. The smallest absolute Gasteiger partial charge is 0.233 e. The van der Waals surface area contributed by atoms with E-state index in [1.165, 1.54) is 11.1 Å². The van der Waals surface area contributed by atoms with Crippen molar-refractivity contribution in [3.63, 3.8) is 0 Å². The second-order valence-corrected chi connectivity index (χ2v) is 9.46. The minimum absolute atomic E-state index is 0.0382. The third-order valence-corrected chi connectivity index (χ3v) is 7.76. The lowest BCUT2D eigenvalue weighted by atomic mass is 10.1. The standard InChI is InChI=1S/C22H24N2O2S2/c1-15-3-7-17(8-4-15)21-23(19(25)13-27-21)11-12-24-20(26)14-28-22(24)18-9-5-16(2)6-10-18/h3-10,21-22H,11-14H2,1-2H3. The maximum Gasteiger partial charge on any atom is 0.233 e. The van der Waals surface area contributed by atoms with Crippen LogP contribution < -0.4 is 0 Å². The Kier molecular flexibility index (Phi) is 5.69. The predicted octanol–water partition coefficient (Wildman–Crippen LogP) is 4.15. The van der Waals surface area contributed by atoms with E-state index in [4.69, 9.17) is 0 Å². The van der Waals surface area contributed by atoms with Crippen LogP contribution in [0.25, 0.3) is 0 Å². The van der Waals surface area contributed by atoms with Gasteiger partial charge in [-0.1, -0.05) is 59.7 Å². The number of carbonyl (C=O) groups excluding carboxylic acids is 2. The van der Waals surface area contributed by atoms with Crippen LogP contribution in [0.5, 0.6) is 0 Å². The molecule has 0 spiro atoms. The van der Waals surface area contributed by atoms with E-state index in [2.05, 4.69) is 62.4 Å². The molecule has 2 aliphatic heterocycles. The van der Waals surface area contributed by atoms with Gasteiger partial charge in [-0.15, -0.1) is 23.5 Å². The molecule has 0 radical (unpaired) electrons.